The van der Waals surface area contributed by atoms with Crippen LogP contribution in [-0.4, -0.2) is 34.4 Å². The summed E-state index contributed by atoms with van der Waals surface area (Å²) in [6.45, 7) is 0.199. The van der Waals surface area contributed by atoms with E-state index >= 15 is 0 Å². The highest BCUT2D eigenvalue weighted by molar-refractivity contribution is 7.85. The molecule has 0 fully saturated rings. The monoisotopic (exact) mass is 549 g/mol. The van der Waals surface area contributed by atoms with Crippen molar-refractivity contribution in [2.75, 3.05) is 6.26 Å². The van der Waals surface area contributed by atoms with Crippen molar-refractivity contribution in [3.63, 3.8) is 0 Å². The molecule has 0 atom stereocenters. The number of nitrogens with zero attached hydrogens (tertiary/aromatic N) is 5. The van der Waals surface area contributed by atoms with Crippen molar-refractivity contribution in [3.05, 3.63) is 124 Å². The van der Waals surface area contributed by atoms with Crippen LogP contribution < -0.4 is 5.56 Å². The molecule has 0 amide bonds. The van der Waals surface area contributed by atoms with E-state index in [1.807, 2.05) is 48.5 Å². The fraction of sp³-hybridized carbons (Fsp3) is 0.100. The molecule has 9 nitrogen and oxygen atoms in total. The van der Waals surface area contributed by atoms with Gasteiger partial charge < -0.3 is 0 Å². The van der Waals surface area contributed by atoms with Gasteiger partial charge in [-0.3, -0.25) is 8.98 Å². The standard InChI is InChI=1S/C30H23N5O4S/c1-40(37,38)39-20-23-7-4-8-24(15-23)27-17-32-30(33-18-27)26-10-3-6-22(14-26)19-35-29(36)12-11-28(34-35)25-9-2-5-21(13-25)16-31/h2-15,17-18H,19-20H2,1H3. The maximum Gasteiger partial charge on any atom is 0.267 e. The maximum absolute atomic E-state index is 12.6. The second-order valence-electron chi connectivity index (χ2n) is 9.07. The lowest BCUT2D eigenvalue weighted by Crippen LogP contribution is -2.22. The zero-order valence-electron chi connectivity index (χ0n) is 21.4. The average Bonchev–Trinajstić information content (AvgIpc) is 2.97. The van der Waals surface area contributed by atoms with E-state index in [9.17, 15) is 18.5 Å². The summed E-state index contributed by atoms with van der Waals surface area (Å²) in [5, 5.41) is 13.7. The average molecular weight is 550 g/mol. The Morgan fingerprint density at radius 2 is 1.50 bits per heavy atom. The lowest BCUT2D eigenvalue weighted by atomic mass is 10.1. The van der Waals surface area contributed by atoms with Crippen LogP contribution in [0.15, 0.2) is 102 Å². The highest BCUT2D eigenvalue weighted by Crippen LogP contribution is 2.23. The van der Waals surface area contributed by atoms with Crippen molar-refractivity contribution >= 4 is 10.1 Å². The predicted octanol–water partition coefficient (Wildman–Crippen LogP) is 4.43. The van der Waals surface area contributed by atoms with Crippen molar-refractivity contribution in [2.24, 2.45) is 0 Å². The molecule has 5 rings (SSSR count). The Morgan fingerprint density at radius 3 is 2.25 bits per heavy atom. The summed E-state index contributed by atoms with van der Waals surface area (Å²) in [5.41, 5.74) is 5.58. The molecule has 5 aromatic rings. The largest absolute Gasteiger partial charge is 0.268 e. The number of rotatable bonds is 8. The minimum atomic E-state index is -3.54. The third-order valence-electron chi connectivity index (χ3n) is 6.02. The summed E-state index contributed by atoms with van der Waals surface area (Å²) < 4.78 is 28.9. The number of aromatic nitrogens is 4. The van der Waals surface area contributed by atoms with Crippen LogP contribution in [0.25, 0.3) is 33.8 Å². The predicted molar refractivity (Wildman–Crippen MR) is 150 cm³/mol. The molecule has 0 aliphatic carbocycles. The second-order valence-corrected chi connectivity index (χ2v) is 10.7. The first-order valence-electron chi connectivity index (χ1n) is 12.2. The first kappa shape index (κ1) is 26.6. The summed E-state index contributed by atoms with van der Waals surface area (Å²) in [5.74, 6) is 0.518. The van der Waals surface area contributed by atoms with Gasteiger partial charge in [-0.05, 0) is 47.0 Å². The molecule has 198 valence electrons. The van der Waals surface area contributed by atoms with Gasteiger partial charge in [-0.1, -0.05) is 48.5 Å². The van der Waals surface area contributed by atoms with Gasteiger partial charge in [0, 0.05) is 35.2 Å². The number of hydrogen-bond acceptors (Lipinski definition) is 8. The highest BCUT2D eigenvalue weighted by atomic mass is 32.2. The molecule has 0 saturated carbocycles. The Bertz CT molecular complexity index is 1900. The molecular formula is C30H23N5O4S. The van der Waals surface area contributed by atoms with Crippen molar-refractivity contribution in [1.82, 2.24) is 19.7 Å². The summed E-state index contributed by atoms with van der Waals surface area (Å²) in [4.78, 5) is 21.6. The Hall–Kier alpha value is -4.98. The van der Waals surface area contributed by atoms with Gasteiger partial charge in [-0.2, -0.15) is 18.8 Å². The van der Waals surface area contributed by atoms with E-state index in [4.69, 9.17) is 4.18 Å². The fourth-order valence-electron chi connectivity index (χ4n) is 4.09. The van der Waals surface area contributed by atoms with E-state index in [2.05, 4.69) is 21.1 Å². The molecule has 0 N–H and O–H groups in total. The summed E-state index contributed by atoms with van der Waals surface area (Å²) in [6.07, 6.45) is 4.42. The van der Waals surface area contributed by atoms with Crippen LogP contribution in [-0.2, 0) is 27.5 Å². The molecular weight excluding hydrogens is 526 g/mol. The third-order valence-corrected chi connectivity index (χ3v) is 6.57. The van der Waals surface area contributed by atoms with Gasteiger partial charge in [-0.15, -0.1) is 0 Å². The molecule has 0 aliphatic heterocycles. The second kappa shape index (κ2) is 11.4. The lowest BCUT2D eigenvalue weighted by molar-refractivity contribution is 0.312. The maximum atomic E-state index is 12.6. The number of hydrogen-bond donors (Lipinski definition) is 0. The molecule has 3 aromatic carbocycles. The molecule has 0 saturated heterocycles. The van der Waals surface area contributed by atoms with Crippen molar-refractivity contribution in [3.8, 4) is 39.8 Å². The Morgan fingerprint density at radius 1 is 0.825 bits per heavy atom. The molecule has 0 aliphatic rings. The van der Waals surface area contributed by atoms with Gasteiger partial charge in [0.1, 0.15) is 0 Å². The molecule has 0 spiro atoms. The molecule has 0 unspecified atom stereocenters. The summed E-state index contributed by atoms with van der Waals surface area (Å²) in [7, 11) is -3.54. The molecule has 0 bridgehead atoms. The van der Waals surface area contributed by atoms with E-state index in [1.165, 1.54) is 10.7 Å². The van der Waals surface area contributed by atoms with Gasteiger partial charge in [0.05, 0.1) is 36.7 Å². The molecule has 0 radical (unpaired) electrons. The summed E-state index contributed by atoms with van der Waals surface area (Å²) >= 11 is 0. The van der Waals surface area contributed by atoms with Crippen LogP contribution in [0, 0.1) is 11.3 Å². The Balaban J connectivity index is 1.35. The van der Waals surface area contributed by atoms with Crippen LogP contribution in [0.2, 0.25) is 0 Å². The smallest absolute Gasteiger partial charge is 0.267 e. The van der Waals surface area contributed by atoms with Gasteiger partial charge in [0.25, 0.3) is 15.7 Å². The first-order valence-corrected chi connectivity index (χ1v) is 14.0. The van der Waals surface area contributed by atoms with Gasteiger partial charge in [0.2, 0.25) is 0 Å². The van der Waals surface area contributed by atoms with Crippen LogP contribution in [0.4, 0.5) is 0 Å². The van der Waals surface area contributed by atoms with Crippen LogP contribution >= 0.6 is 0 Å². The summed E-state index contributed by atoms with van der Waals surface area (Å²) in [6, 6.07) is 27.2. The lowest BCUT2D eigenvalue weighted by Gasteiger charge is -2.09. The van der Waals surface area contributed by atoms with Crippen LogP contribution in [0.5, 0.6) is 0 Å². The molecule has 2 heterocycles. The first-order chi connectivity index (χ1) is 19.3. The normalized spacial score (nSPS) is 11.2. The van der Waals surface area contributed by atoms with E-state index in [1.54, 1.807) is 42.7 Å². The topological polar surface area (TPSA) is 128 Å². The van der Waals surface area contributed by atoms with E-state index in [0.717, 1.165) is 34.1 Å². The quantitative estimate of drug-likeness (QED) is 0.260. The van der Waals surface area contributed by atoms with Gasteiger partial charge in [-0.25, -0.2) is 14.6 Å². The van der Waals surface area contributed by atoms with Crippen molar-refractivity contribution in [2.45, 2.75) is 13.2 Å². The Labute approximate surface area is 231 Å². The van der Waals surface area contributed by atoms with Gasteiger partial charge >= 0.3 is 0 Å². The van der Waals surface area contributed by atoms with E-state index in [0.29, 0.717) is 22.6 Å². The molecule has 40 heavy (non-hydrogen) atoms. The highest BCUT2D eigenvalue weighted by Gasteiger charge is 2.09. The van der Waals surface area contributed by atoms with Crippen LogP contribution in [0.3, 0.4) is 0 Å². The molecule has 2 aromatic heterocycles. The van der Waals surface area contributed by atoms with Crippen molar-refractivity contribution < 1.29 is 12.6 Å². The van der Waals surface area contributed by atoms with Crippen molar-refractivity contribution in [1.29, 1.82) is 5.26 Å². The number of benzene rings is 3. The van der Waals surface area contributed by atoms with E-state index < -0.39 is 10.1 Å². The minimum Gasteiger partial charge on any atom is -0.268 e. The Kier molecular flexibility index (Phi) is 7.59. The fourth-order valence-corrected chi connectivity index (χ4v) is 4.44. The van der Waals surface area contributed by atoms with E-state index in [-0.39, 0.29) is 18.7 Å². The minimum absolute atomic E-state index is 0.0501. The third kappa shape index (κ3) is 6.53. The molecule has 10 heteroatoms. The van der Waals surface area contributed by atoms with Crippen LogP contribution in [0.1, 0.15) is 16.7 Å². The SMILES string of the molecule is CS(=O)(=O)OCc1cccc(-c2cnc(-c3cccc(Cn4nc(-c5cccc(C#N)c5)ccc4=O)c3)nc2)c1. The van der Waals surface area contributed by atoms with Gasteiger partial charge in [0.15, 0.2) is 5.82 Å². The zero-order chi connectivity index (χ0) is 28.1. The zero-order valence-corrected chi connectivity index (χ0v) is 22.2. The number of nitriles is 1.